The maximum atomic E-state index is 5.54. The second-order valence-electron chi connectivity index (χ2n) is 1.89. The Bertz CT molecular complexity index is 242. The highest BCUT2D eigenvalue weighted by Gasteiger charge is 1.95. The van der Waals surface area contributed by atoms with E-state index in [1.165, 1.54) is 0 Å². The molecule has 0 atom stereocenters. The number of benzene rings is 1. The number of anilines is 1. The number of hydrogen-bond donors (Lipinski definition) is 1. The average Bonchev–Trinajstić information content (AvgIpc) is 1.95. The van der Waals surface area contributed by atoms with Crippen LogP contribution in [0.5, 0.6) is 5.75 Å². The molecule has 1 rings (SSSR count). The summed E-state index contributed by atoms with van der Waals surface area (Å²) >= 11 is 3.28. The maximum Gasteiger partial charge on any atom is 0.120 e. The van der Waals surface area contributed by atoms with E-state index < -0.39 is 0 Å². The van der Waals surface area contributed by atoms with E-state index in [1.54, 1.807) is 13.2 Å². The van der Waals surface area contributed by atoms with Gasteiger partial charge in [0.1, 0.15) is 5.75 Å². The Morgan fingerprint density at radius 3 is 2.55 bits per heavy atom. The van der Waals surface area contributed by atoms with E-state index in [2.05, 4.69) is 15.9 Å². The van der Waals surface area contributed by atoms with Gasteiger partial charge in [0, 0.05) is 10.2 Å². The molecular formula is C7H9BrClNO. The molecule has 0 aromatic heterocycles. The number of nitrogens with two attached hydrogens (primary N) is 1. The van der Waals surface area contributed by atoms with Crippen molar-refractivity contribution in [2.24, 2.45) is 0 Å². The van der Waals surface area contributed by atoms with Crippen molar-refractivity contribution in [2.45, 2.75) is 0 Å². The summed E-state index contributed by atoms with van der Waals surface area (Å²) in [6.45, 7) is 0. The fourth-order valence-corrected chi connectivity index (χ4v) is 0.993. The minimum Gasteiger partial charge on any atom is -0.497 e. The summed E-state index contributed by atoms with van der Waals surface area (Å²) in [7, 11) is 1.62. The van der Waals surface area contributed by atoms with Crippen molar-refractivity contribution >= 4 is 34.0 Å². The van der Waals surface area contributed by atoms with Crippen molar-refractivity contribution in [3.63, 3.8) is 0 Å². The van der Waals surface area contributed by atoms with Crippen LogP contribution in [0.25, 0.3) is 0 Å². The topological polar surface area (TPSA) is 35.2 Å². The highest BCUT2D eigenvalue weighted by Crippen LogP contribution is 2.23. The van der Waals surface area contributed by atoms with Crippen LogP contribution in [0.1, 0.15) is 0 Å². The van der Waals surface area contributed by atoms with E-state index in [-0.39, 0.29) is 12.4 Å². The summed E-state index contributed by atoms with van der Waals surface area (Å²) in [6, 6.07) is 5.44. The molecule has 4 heteroatoms. The first-order valence-electron chi connectivity index (χ1n) is 2.83. The molecule has 11 heavy (non-hydrogen) atoms. The zero-order chi connectivity index (χ0) is 7.56. The molecule has 0 amide bonds. The zero-order valence-corrected chi connectivity index (χ0v) is 8.41. The van der Waals surface area contributed by atoms with Crippen LogP contribution >= 0.6 is 28.3 Å². The van der Waals surface area contributed by atoms with Gasteiger partial charge in [-0.15, -0.1) is 12.4 Å². The number of methoxy groups -OCH3 is 1. The molecule has 0 aliphatic heterocycles. The third-order valence-electron chi connectivity index (χ3n) is 1.21. The van der Waals surface area contributed by atoms with Gasteiger partial charge in [0.05, 0.1) is 7.11 Å². The normalized spacial score (nSPS) is 8.55. The third kappa shape index (κ3) is 2.60. The summed E-state index contributed by atoms with van der Waals surface area (Å²) in [5, 5.41) is 0. The molecule has 0 aliphatic carbocycles. The summed E-state index contributed by atoms with van der Waals surface area (Å²) in [4.78, 5) is 0. The Hall–Kier alpha value is -0.410. The Balaban J connectivity index is 0.000001000. The predicted octanol–water partition coefficient (Wildman–Crippen LogP) is 2.46. The highest BCUT2D eigenvalue weighted by molar-refractivity contribution is 9.10. The molecule has 0 aliphatic rings. The number of halogens is 2. The first kappa shape index (κ1) is 10.6. The lowest BCUT2D eigenvalue weighted by Crippen LogP contribution is -1.87. The van der Waals surface area contributed by atoms with Crippen molar-refractivity contribution in [1.82, 2.24) is 0 Å². The Labute approximate surface area is 80.3 Å². The van der Waals surface area contributed by atoms with Gasteiger partial charge in [-0.05, 0) is 34.1 Å². The van der Waals surface area contributed by atoms with Gasteiger partial charge in [0.25, 0.3) is 0 Å². The van der Waals surface area contributed by atoms with Crippen LogP contribution in [0, 0.1) is 0 Å². The minimum atomic E-state index is 0. The second kappa shape index (κ2) is 4.46. The van der Waals surface area contributed by atoms with Crippen LogP contribution in [0.3, 0.4) is 0 Å². The SMILES string of the molecule is COc1ccc(N)c(Br)c1.Cl. The Morgan fingerprint density at radius 2 is 2.09 bits per heavy atom. The van der Waals surface area contributed by atoms with Gasteiger partial charge in [0.15, 0.2) is 0 Å². The lowest BCUT2D eigenvalue weighted by molar-refractivity contribution is 0.414. The lowest BCUT2D eigenvalue weighted by Gasteiger charge is -2.01. The molecule has 0 saturated heterocycles. The smallest absolute Gasteiger partial charge is 0.120 e. The second-order valence-corrected chi connectivity index (χ2v) is 2.74. The first-order valence-corrected chi connectivity index (χ1v) is 3.62. The monoisotopic (exact) mass is 237 g/mol. The van der Waals surface area contributed by atoms with Gasteiger partial charge in [-0.3, -0.25) is 0 Å². The van der Waals surface area contributed by atoms with E-state index in [0.29, 0.717) is 0 Å². The van der Waals surface area contributed by atoms with E-state index >= 15 is 0 Å². The van der Waals surface area contributed by atoms with Crippen LogP contribution in [0.4, 0.5) is 5.69 Å². The molecule has 1 aromatic rings. The predicted molar refractivity (Wildman–Crippen MR) is 52.4 cm³/mol. The van der Waals surface area contributed by atoms with Crippen molar-refractivity contribution in [2.75, 3.05) is 12.8 Å². The fourth-order valence-electron chi connectivity index (χ4n) is 0.635. The molecule has 1 aromatic carbocycles. The van der Waals surface area contributed by atoms with E-state index in [0.717, 1.165) is 15.9 Å². The molecule has 2 nitrogen and oxygen atoms in total. The third-order valence-corrected chi connectivity index (χ3v) is 1.89. The van der Waals surface area contributed by atoms with Crippen molar-refractivity contribution < 1.29 is 4.74 Å². The number of rotatable bonds is 1. The minimum absolute atomic E-state index is 0. The van der Waals surface area contributed by atoms with Gasteiger partial charge in [-0.25, -0.2) is 0 Å². The molecule has 0 bridgehead atoms. The molecule has 0 spiro atoms. The molecule has 0 unspecified atom stereocenters. The quantitative estimate of drug-likeness (QED) is 0.763. The Kier molecular flexibility index (Phi) is 4.30. The van der Waals surface area contributed by atoms with Crippen molar-refractivity contribution in [3.05, 3.63) is 22.7 Å². The van der Waals surface area contributed by atoms with Crippen LogP contribution in [0.2, 0.25) is 0 Å². The van der Waals surface area contributed by atoms with E-state index in [4.69, 9.17) is 10.5 Å². The molecule has 0 radical (unpaired) electrons. The van der Waals surface area contributed by atoms with Crippen LogP contribution < -0.4 is 10.5 Å². The van der Waals surface area contributed by atoms with Gasteiger partial charge < -0.3 is 10.5 Å². The molecule has 0 heterocycles. The molecule has 0 fully saturated rings. The van der Waals surface area contributed by atoms with Crippen LogP contribution in [0.15, 0.2) is 22.7 Å². The van der Waals surface area contributed by atoms with Gasteiger partial charge in [-0.2, -0.15) is 0 Å². The Morgan fingerprint density at radius 1 is 1.45 bits per heavy atom. The van der Waals surface area contributed by atoms with Crippen LogP contribution in [-0.2, 0) is 0 Å². The van der Waals surface area contributed by atoms with Gasteiger partial charge in [-0.1, -0.05) is 0 Å². The molecular weight excluding hydrogens is 229 g/mol. The standard InChI is InChI=1S/C7H8BrNO.ClH/c1-10-5-2-3-7(9)6(8)4-5;/h2-4H,9H2,1H3;1H. The van der Waals surface area contributed by atoms with E-state index in [9.17, 15) is 0 Å². The zero-order valence-electron chi connectivity index (χ0n) is 6.00. The van der Waals surface area contributed by atoms with E-state index in [1.807, 2.05) is 12.1 Å². The highest BCUT2D eigenvalue weighted by atomic mass is 79.9. The van der Waals surface area contributed by atoms with Crippen molar-refractivity contribution in [3.8, 4) is 5.75 Å². The molecule has 0 saturated carbocycles. The average molecular weight is 239 g/mol. The van der Waals surface area contributed by atoms with Gasteiger partial charge >= 0.3 is 0 Å². The summed E-state index contributed by atoms with van der Waals surface area (Å²) in [5.41, 5.74) is 6.26. The fraction of sp³-hybridized carbons (Fsp3) is 0.143. The van der Waals surface area contributed by atoms with Crippen LogP contribution in [-0.4, -0.2) is 7.11 Å². The van der Waals surface area contributed by atoms with Crippen molar-refractivity contribution in [1.29, 1.82) is 0 Å². The number of nitrogen functional groups attached to an aromatic ring is 1. The lowest BCUT2D eigenvalue weighted by atomic mass is 10.3. The summed E-state index contributed by atoms with van der Waals surface area (Å²) in [6.07, 6.45) is 0. The molecule has 2 N–H and O–H groups in total. The summed E-state index contributed by atoms with van der Waals surface area (Å²) in [5.74, 6) is 0.807. The number of hydrogen-bond acceptors (Lipinski definition) is 2. The van der Waals surface area contributed by atoms with Gasteiger partial charge in [0.2, 0.25) is 0 Å². The number of ether oxygens (including phenoxy) is 1. The largest absolute Gasteiger partial charge is 0.497 e. The first-order chi connectivity index (χ1) is 4.74. The summed E-state index contributed by atoms with van der Waals surface area (Å²) < 4.78 is 5.83. The maximum absolute atomic E-state index is 5.54. The molecule has 62 valence electrons.